The number of rotatable bonds is 8. The van der Waals surface area contributed by atoms with Crippen molar-refractivity contribution in [1.82, 2.24) is 5.32 Å². The highest BCUT2D eigenvalue weighted by Gasteiger charge is 2.32. The van der Waals surface area contributed by atoms with Crippen molar-refractivity contribution in [3.8, 4) is 11.5 Å². The van der Waals surface area contributed by atoms with Gasteiger partial charge in [-0.2, -0.15) is 5.10 Å². The maximum absolute atomic E-state index is 12.2. The molecule has 1 aliphatic rings. The zero-order valence-electron chi connectivity index (χ0n) is 17.2. The summed E-state index contributed by atoms with van der Waals surface area (Å²) in [6, 6.07) is 12.0. The number of carbonyl (C=O) groups is 3. The minimum atomic E-state index is -1.22. The van der Waals surface area contributed by atoms with E-state index in [1.165, 1.54) is 26.5 Å². The van der Waals surface area contributed by atoms with Gasteiger partial charge >= 0.3 is 5.97 Å². The first kappa shape index (κ1) is 22.8. The first-order valence-electron chi connectivity index (χ1n) is 9.34. The molecule has 32 heavy (non-hydrogen) atoms. The Morgan fingerprint density at radius 2 is 1.94 bits per heavy atom. The second-order valence-corrected chi connectivity index (χ2v) is 7.63. The summed E-state index contributed by atoms with van der Waals surface area (Å²) in [7, 11) is 2.74. The summed E-state index contributed by atoms with van der Waals surface area (Å²) < 4.78 is 10.3. The molecule has 1 saturated heterocycles. The van der Waals surface area contributed by atoms with E-state index in [-0.39, 0.29) is 46.0 Å². The number of anilines is 1. The minimum Gasteiger partial charge on any atom is -0.493 e. The Balaban J connectivity index is 1.68. The molecule has 166 valence electrons. The van der Waals surface area contributed by atoms with Crippen LogP contribution in [0.15, 0.2) is 52.7 Å². The molecule has 1 aliphatic heterocycles. The fourth-order valence-corrected chi connectivity index (χ4v) is 3.83. The first-order valence-corrected chi connectivity index (χ1v) is 10.2. The first-order chi connectivity index (χ1) is 15.4. The predicted molar refractivity (Wildman–Crippen MR) is 121 cm³/mol. The van der Waals surface area contributed by atoms with Gasteiger partial charge < -0.3 is 25.2 Å². The molecule has 1 fully saturated rings. The minimum absolute atomic E-state index is 0.0348. The van der Waals surface area contributed by atoms with Crippen LogP contribution < -0.4 is 20.1 Å². The maximum Gasteiger partial charge on any atom is 0.340 e. The van der Waals surface area contributed by atoms with Gasteiger partial charge in [0.2, 0.25) is 11.8 Å². The van der Waals surface area contributed by atoms with Crippen LogP contribution in [-0.4, -0.2) is 53.7 Å². The molecular formula is C21H20N4O6S. The molecule has 1 atom stereocenters. The van der Waals surface area contributed by atoms with Crippen LogP contribution in [0.25, 0.3) is 0 Å². The van der Waals surface area contributed by atoms with Gasteiger partial charge in [-0.25, -0.2) is 4.79 Å². The average molecular weight is 456 g/mol. The van der Waals surface area contributed by atoms with Crippen LogP contribution in [0.4, 0.5) is 5.69 Å². The third kappa shape index (κ3) is 5.43. The van der Waals surface area contributed by atoms with Crippen LogP contribution in [0.1, 0.15) is 22.3 Å². The number of carboxylic acid groups (broad SMARTS) is 1. The molecular weight excluding hydrogens is 436 g/mol. The van der Waals surface area contributed by atoms with E-state index >= 15 is 0 Å². The number of nitrogens with one attached hydrogen (secondary N) is 2. The van der Waals surface area contributed by atoms with Gasteiger partial charge in [0.25, 0.3) is 0 Å². The smallest absolute Gasteiger partial charge is 0.340 e. The summed E-state index contributed by atoms with van der Waals surface area (Å²) >= 11 is 1.07. The van der Waals surface area contributed by atoms with Gasteiger partial charge in [0, 0.05) is 17.7 Å². The third-order valence-electron chi connectivity index (χ3n) is 4.34. The van der Waals surface area contributed by atoms with Crippen LogP contribution in [0.5, 0.6) is 11.5 Å². The van der Waals surface area contributed by atoms with Crippen molar-refractivity contribution in [2.24, 2.45) is 10.2 Å². The molecule has 10 nitrogen and oxygen atoms in total. The highest BCUT2D eigenvalue weighted by atomic mass is 32.2. The largest absolute Gasteiger partial charge is 0.493 e. The molecule has 11 heteroatoms. The SMILES string of the molecule is COc1ccc(C=N/N=C2\NC(=O)C(CC(=O)Nc3ccccc3)S2)c(C(=O)O)c1OC. The molecule has 0 radical (unpaired) electrons. The molecule has 1 unspecified atom stereocenters. The number of para-hydroxylation sites is 1. The zero-order chi connectivity index (χ0) is 23.1. The Morgan fingerprint density at radius 1 is 1.19 bits per heavy atom. The number of amidine groups is 1. The Morgan fingerprint density at radius 3 is 2.59 bits per heavy atom. The van der Waals surface area contributed by atoms with Crippen LogP contribution in [0.3, 0.4) is 0 Å². The van der Waals surface area contributed by atoms with Crippen molar-refractivity contribution in [3.63, 3.8) is 0 Å². The summed E-state index contributed by atoms with van der Waals surface area (Å²) in [5, 5.41) is 22.2. The summed E-state index contributed by atoms with van der Waals surface area (Å²) in [6.45, 7) is 0. The number of nitrogens with zero attached hydrogens (tertiary/aromatic N) is 2. The molecule has 0 spiro atoms. The zero-order valence-corrected chi connectivity index (χ0v) is 18.0. The molecule has 2 amide bonds. The second-order valence-electron chi connectivity index (χ2n) is 6.43. The van der Waals surface area contributed by atoms with E-state index in [0.717, 1.165) is 11.8 Å². The van der Waals surface area contributed by atoms with Crippen molar-refractivity contribution >= 4 is 46.6 Å². The standard InChI is InChI=1S/C21H20N4O6S/c1-30-14-9-8-12(17(20(28)29)18(14)31-2)11-22-25-21-24-19(27)15(32-21)10-16(26)23-13-6-4-3-5-7-13/h3-9,11,15H,10H2,1-2H3,(H,23,26)(H,28,29)(H,24,25,27). The monoisotopic (exact) mass is 456 g/mol. The summed E-state index contributed by atoms with van der Waals surface area (Å²) in [5.41, 5.74) is 0.755. The third-order valence-corrected chi connectivity index (χ3v) is 5.41. The Hall–Kier alpha value is -3.86. The van der Waals surface area contributed by atoms with Crippen molar-refractivity contribution in [2.75, 3.05) is 19.5 Å². The highest BCUT2D eigenvalue weighted by molar-refractivity contribution is 8.15. The van der Waals surface area contributed by atoms with E-state index in [1.807, 2.05) is 6.07 Å². The number of carbonyl (C=O) groups excluding carboxylic acids is 2. The van der Waals surface area contributed by atoms with E-state index in [9.17, 15) is 19.5 Å². The van der Waals surface area contributed by atoms with Crippen LogP contribution in [0, 0.1) is 0 Å². The molecule has 3 rings (SSSR count). The summed E-state index contributed by atoms with van der Waals surface area (Å²) in [4.78, 5) is 36.0. The molecule has 2 aromatic rings. The number of methoxy groups -OCH3 is 2. The lowest BCUT2D eigenvalue weighted by Crippen LogP contribution is -2.28. The van der Waals surface area contributed by atoms with E-state index in [2.05, 4.69) is 20.8 Å². The number of aromatic carboxylic acids is 1. The van der Waals surface area contributed by atoms with E-state index in [4.69, 9.17) is 9.47 Å². The Bertz CT molecular complexity index is 1090. The predicted octanol–water partition coefficient (Wildman–Crippen LogP) is 2.35. The molecule has 0 bridgehead atoms. The molecule has 2 aromatic carbocycles. The average Bonchev–Trinajstić information content (AvgIpc) is 3.12. The van der Waals surface area contributed by atoms with Gasteiger partial charge in [-0.05, 0) is 24.3 Å². The molecule has 1 heterocycles. The van der Waals surface area contributed by atoms with Gasteiger partial charge in [0.1, 0.15) is 10.8 Å². The van der Waals surface area contributed by atoms with E-state index in [0.29, 0.717) is 5.69 Å². The van der Waals surface area contributed by atoms with Crippen molar-refractivity contribution in [3.05, 3.63) is 53.6 Å². The molecule has 0 saturated carbocycles. The number of thioether (sulfide) groups is 1. The highest BCUT2D eigenvalue weighted by Crippen LogP contribution is 2.33. The van der Waals surface area contributed by atoms with Crippen LogP contribution >= 0.6 is 11.8 Å². The number of ether oxygens (including phenoxy) is 2. The number of hydrogen-bond donors (Lipinski definition) is 3. The van der Waals surface area contributed by atoms with Crippen molar-refractivity contribution in [2.45, 2.75) is 11.7 Å². The fraction of sp³-hybridized carbons (Fsp3) is 0.190. The van der Waals surface area contributed by atoms with Gasteiger partial charge in [-0.15, -0.1) is 5.10 Å². The fourth-order valence-electron chi connectivity index (χ4n) is 2.90. The van der Waals surface area contributed by atoms with E-state index < -0.39 is 11.2 Å². The topological polar surface area (TPSA) is 139 Å². The van der Waals surface area contributed by atoms with Crippen molar-refractivity contribution < 1.29 is 29.0 Å². The summed E-state index contributed by atoms with van der Waals surface area (Å²) in [5.74, 6) is -1.55. The maximum atomic E-state index is 12.2. The molecule has 3 N–H and O–H groups in total. The van der Waals surface area contributed by atoms with Crippen LogP contribution in [0.2, 0.25) is 0 Å². The number of amides is 2. The normalized spacial score (nSPS) is 16.8. The van der Waals surface area contributed by atoms with E-state index in [1.54, 1.807) is 30.3 Å². The van der Waals surface area contributed by atoms with Gasteiger partial charge in [-0.1, -0.05) is 30.0 Å². The lowest BCUT2D eigenvalue weighted by atomic mass is 10.1. The second kappa shape index (κ2) is 10.4. The molecule has 0 aromatic heterocycles. The number of hydrogen-bond acceptors (Lipinski definition) is 8. The van der Waals surface area contributed by atoms with Gasteiger partial charge in [0.15, 0.2) is 16.7 Å². The quantitative estimate of drug-likeness (QED) is 0.409. The summed E-state index contributed by atoms with van der Waals surface area (Å²) in [6.07, 6.45) is 1.20. The lowest BCUT2D eigenvalue weighted by Gasteiger charge is -2.11. The Kier molecular flexibility index (Phi) is 7.45. The number of carboxylic acids is 1. The van der Waals surface area contributed by atoms with Gasteiger partial charge in [-0.3, -0.25) is 9.59 Å². The number of benzene rings is 2. The Labute approximate surface area is 187 Å². The lowest BCUT2D eigenvalue weighted by molar-refractivity contribution is -0.122. The van der Waals surface area contributed by atoms with Gasteiger partial charge in [0.05, 0.1) is 20.4 Å². The molecule has 0 aliphatic carbocycles. The van der Waals surface area contributed by atoms with Crippen LogP contribution in [-0.2, 0) is 9.59 Å². The van der Waals surface area contributed by atoms with Crippen molar-refractivity contribution in [1.29, 1.82) is 0 Å².